The van der Waals surface area contributed by atoms with Crippen LogP contribution in [0.15, 0.2) is 6.33 Å². The average molecular weight is 212 g/mol. The lowest BCUT2D eigenvalue weighted by Gasteiger charge is -2.15. The highest BCUT2D eigenvalue weighted by molar-refractivity contribution is 4.91. The van der Waals surface area contributed by atoms with Gasteiger partial charge in [-0.1, -0.05) is 13.8 Å². The van der Waals surface area contributed by atoms with Crippen molar-refractivity contribution in [2.45, 2.75) is 32.7 Å². The molecule has 5 heteroatoms. The predicted molar refractivity (Wildman–Crippen MR) is 58.5 cm³/mol. The highest BCUT2D eigenvalue weighted by Gasteiger charge is 2.13. The number of aromatic nitrogens is 3. The van der Waals surface area contributed by atoms with Crippen LogP contribution in [0.5, 0.6) is 0 Å². The molecule has 0 saturated heterocycles. The van der Waals surface area contributed by atoms with Gasteiger partial charge in [0.1, 0.15) is 12.2 Å². The second-order valence-electron chi connectivity index (χ2n) is 3.45. The van der Waals surface area contributed by atoms with Gasteiger partial charge in [0.05, 0.1) is 12.6 Å². The van der Waals surface area contributed by atoms with Gasteiger partial charge in [0, 0.05) is 6.61 Å². The van der Waals surface area contributed by atoms with Gasteiger partial charge in [-0.2, -0.15) is 5.10 Å². The van der Waals surface area contributed by atoms with E-state index in [1.807, 2.05) is 0 Å². The minimum atomic E-state index is 0.124. The summed E-state index contributed by atoms with van der Waals surface area (Å²) < 4.78 is 5.52. The second-order valence-corrected chi connectivity index (χ2v) is 3.45. The summed E-state index contributed by atoms with van der Waals surface area (Å²) in [6, 6.07) is 0.124. The van der Waals surface area contributed by atoms with Gasteiger partial charge < -0.3 is 10.1 Å². The molecule has 0 fully saturated rings. The first-order valence-corrected chi connectivity index (χ1v) is 5.54. The Morgan fingerprint density at radius 3 is 2.93 bits per heavy atom. The molecule has 1 unspecified atom stereocenters. The first-order valence-electron chi connectivity index (χ1n) is 5.54. The van der Waals surface area contributed by atoms with Crippen LogP contribution in [0.1, 0.15) is 38.6 Å². The molecule has 0 saturated carbocycles. The summed E-state index contributed by atoms with van der Waals surface area (Å²) in [5.41, 5.74) is 0. The molecule has 0 amide bonds. The molecule has 5 nitrogen and oxygen atoms in total. The molecular formula is C10H20N4O. The molecule has 0 aliphatic heterocycles. The lowest BCUT2D eigenvalue weighted by Crippen LogP contribution is -2.27. The van der Waals surface area contributed by atoms with Crippen LogP contribution in [0.25, 0.3) is 0 Å². The molecule has 1 atom stereocenters. The van der Waals surface area contributed by atoms with Gasteiger partial charge in [-0.3, -0.25) is 5.10 Å². The molecule has 1 heterocycles. The summed E-state index contributed by atoms with van der Waals surface area (Å²) in [6.45, 7) is 6.63. The molecule has 0 radical (unpaired) electrons. The SMILES string of the molecule is CCCNC(COCCC)c1ncn[nH]1. The van der Waals surface area contributed by atoms with Crippen LogP contribution in [-0.4, -0.2) is 34.9 Å². The normalized spacial score (nSPS) is 12.9. The van der Waals surface area contributed by atoms with Crippen LogP contribution in [0, 0.1) is 0 Å². The fourth-order valence-electron chi connectivity index (χ4n) is 1.28. The van der Waals surface area contributed by atoms with Gasteiger partial charge in [0.2, 0.25) is 0 Å². The Morgan fingerprint density at radius 1 is 1.47 bits per heavy atom. The van der Waals surface area contributed by atoms with Gasteiger partial charge >= 0.3 is 0 Å². The lowest BCUT2D eigenvalue weighted by molar-refractivity contribution is 0.110. The third kappa shape index (κ3) is 4.40. The minimum absolute atomic E-state index is 0.124. The molecule has 0 spiro atoms. The summed E-state index contributed by atoms with van der Waals surface area (Å²) in [5.74, 6) is 0.847. The average Bonchev–Trinajstić information content (AvgIpc) is 2.76. The van der Waals surface area contributed by atoms with Crippen molar-refractivity contribution in [1.29, 1.82) is 0 Å². The zero-order chi connectivity index (χ0) is 10.9. The van der Waals surface area contributed by atoms with E-state index in [2.05, 4.69) is 34.3 Å². The number of hydrogen-bond acceptors (Lipinski definition) is 4. The van der Waals surface area contributed by atoms with Crippen molar-refractivity contribution in [1.82, 2.24) is 20.5 Å². The Hall–Kier alpha value is -0.940. The van der Waals surface area contributed by atoms with Crippen LogP contribution in [0.3, 0.4) is 0 Å². The molecule has 0 aliphatic rings. The Balaban J connectivity index is 2.39. The van der Waals surface area contributed by atoms with Crippen molar-refractivity contribution in [3.05, 3.63) is 12.2 Å². The van der Waals surface area contributed by atoms with Gasteiger partial charge in [-0.05, 0) is 19.4 Å². The van der Waals surface area contributed by atoms with Crippen LogP contribution >= 0.6 is 0 Å². The van der Waals surface area contributed by atoms with E-state index in [1.165, 1.54) is 6.33 Å². The lowest BCUT2D eigenvalue weighted by atomic mass is 10.3. The van der Waals surface area contributed by atoms with E-state index in [0.29, 0.717) is 6.61 Å². The maximum atomic E-state index is 5.52. The number of nitrogens with zero attached hydrogens (tertiary/aromatic N) is 2. The predicted octanol–water partition coefficient (Wildman–Crippen LogP) is 1.27. The number of H-pyrrole nitrogens is 1. The third-order valence-electron chi connectivity index (χ3n) is 2.04. The largest absolute Gasteiger partial charge is 0.379 e. The van der Waals surface area contributed by atoms with Gasteiger partial charge in [0.15, 0.2) is 0 Å². The van der Waals surface area contributed by atoms with Crippen molar-refractivity contribution in [2.24, 2.45) is 0 Å². The number of hydrogen-bond donors (Lipinski definition) is 2. The molecule has 1 aromatic heterocycles. The zero-order valence-electron chi connectivity index (χ0n) is 9.49. The summed E-state index contributed by atoms with van der Waals surface area (Å²) in [7, 11) is 0. The number of nitrogens with one attached hydrogen (secondary N) is 2. The van der Waals surface area contributed by atoms with Gasteiger partial charge in [-0.15, -0.1) is 0 Å². The van der Waals surface area contributed by atoms with E-state index in [-0.39, 0.29) is 6.04 Å². The standard InChI is InChI=1S/C10H20N4O/c1-3-5-11-9(7-15-6-4-2)10-12-8-13-14-10/h8-9,11H,3-7H2,1-2H3,(H,12,13,14). The van der Waals surface area contributed by atoms with Crippen LogP contribution in [-0.2, 0) is 4.74 Å². The summed E-state index contributed by atoms with van der Waals surface area (Å²) in [5, 5.41) is 10.1. The second kappa shape index (κ2) is 7.36. The summed E-state index contributed by atoms with van der Waals surface area (Å²) >= 11 is 0. The molecule has 86 valence electrons. The summed E-state index contributed by atoms with van der Waals surface area (Å²) in [6.07, 6.45) is 3.66. The number of aromatic amines is 1. The van der Waals surface area contributed by atoms with Crippen LogP contribution in [0.2, 0.25) is 0 Å². The van der Waals surface area contributed by atoms with E-state index < -0.39 is 0 Å². The zero-order valence-corrected chi connectivity index (χ0v) is 9.49. The molecule has 0 aliphatic carbocycles. The first kappa shape index (κ1) is 12.1. The van der Waals surface area contributed by atoms with Crippen molar-refractivity contribution >= 4 is 0 Å². The molecule has 0 bridgehead atoms. The van der Waals surface area contributed by atoms with E-state index in [0.717, 1.165) is 31.8 Å². The number of ether oxygens (including phenoxy) is 1. The minimum Gasteiger partial charge on any atom is -0.379 e. The van der Waals surface area contributed by atoms with Crippen molar-refractivity contribution in [3.8, 4) is 0 Å². The Bertz CT molecular complexity index is 238. The highest BCUT2D eigenvalue weighted by Crippen LogP contribution is 2.06. The quantitative estimate of drug-likeness (QED) is 0.637. The highest BCUT2D eigenvalue weighted by atomic mass is 16.5. The van der Waals surface area contributed by atoms with Crippen molar-refractivity contribution in [2.75, 3.05) is 19.8 Å². The van der Waals surface area contributed by atoms with Gasteiger partial charge in [0.25, 0.3) is 0 Å². The Morgan fingerprint density at radius 2 is 2.33 bits per heavy atom. The van der Waals surface area contributed by atoms with Crippen molar-refractivity contribution in [3.63, 3.8) is 0 Å². The monoisotopic (exact) mass is 212 g/mol. The third-order valence-corrected chi connectivity index (χ3v) is 2.04. The molecule has 1 rings (SSSR count). The molecule has 0 aromatic carbocycles. The van der Waals surface area contributed by atoms with Crippen LogP contribution in [0.4, 0.5) is 0 Å². The Labute approximate surface area is 90.6 Å². The fraction of sp³-hybridized carbons (Fsp3) is 0.800. The maximum Gasteiger partial charge on any atom is 0.143 e. The Kier molecular flexibility index (Phi) is 5.96. The summed E-state index contributed by atoms with van der Waals surface area (Å²) in [4.78, 5) is 4.14. The molecular weight excluding hydrogens is 192 g/mol. The number of rotatable bonds is 8. The topological polar surface area (TPSA) is 62.8 Å². The fourth-order valence-corrected chi connectivity index (χ4v) is 1.28. The molecule has 2 N–H and O–H groups in total. The van der Waals surface area contributed by atoms with E-state index >= 15 is 0 Å². The maximum absolute atomic E-state index is 5.52. The van der Waals surface area contributed by atoms with E-state index in [1.54, 1.807) is 0 Å². The van der Waals surface area contributed by atoms with E-state index in [9.17, 15) is 0 Å². The molecule has 1 aromatic rings. The van der Waals surface area contributed by atoms with E-state index in [4.69, 9.17) is 4.74 Å². The smallest absolute Gasteiger partial charge is 0.143 e. The first-order chi connectivity index (χ1) is 7.38. The van der Waals surface area contributed by atoms with Crippen LogP contribution < -0.4 is 5.32 Å². The van der Waals surface area contributed by atoms with Crippen molar-refractivity contribution < 1.29 is 4.74 Å². The molecule has 15 heavy (non-hydrogen) atoms. The van der Waals surface area contributed by atoms with Gasteiger partial charge in [-0.25, -0.2) is 4.98 Å².